The Labute approximate surface area is 58.0 Å². The molecule has 10 heavy (non-hydrogen) atoms. The summed E-state index contributed by atoms with van der Waals surface area (Å²) in [6.45, 7) is 0. The second-order valence-corrected chi connectivity index (χ2v) is 1.88. The summed E-state index contributed by atoms with van der Waals surface area (Å²) < 4.78 is 1.67. The number of fused-ring (bicyclic) bond motifs is 1. The maximum atomic E-state index is 4.04. The van der Waals surface area contributed by atoms with Crippen molar-refractivity contribution in [2.75, 3.05) is 0 Å². The van der Waals surface area contributed by atoms with Crippen LogP contribution >= 0.6 is 0 Å². The molecule has 0 saturated heterocycles. The Morgan fingerprint density at radius 3 is 3.50 bits per heavy atom. The number of nitrogens with zero attached hydrogens (tertiary/aromatic N) is 3. The monoisotopic (exact) mass is 131 g/mol. The molecule has 0 spiro atoms. The van der Waals surface area contributed by atoms with Gasteiger partial charge in [0, 0.05) is 24.3 Å². The van der Waals surface area contributed by atoms with Crippen LogP contribution in [0.1, 0.15) is 5.82 Å². The summed E-state index contributed by atoms with van der Waals surface area (Å²) in [5.41, 5.74) is 0. The summed E-state index contributed by atoms with van der Waals surface area (Å²) in [4.78, 5) is 4.04. The highest BCUT2D eigenvalue weighted by atomic mass is 15.4. The van der Waals surface area contributed by atoms with E-state index in [1.54, 1.807) is 23.1 Å². The van der Waals surface area contributed by atoms with Gasteiger partial charge in [-0.15, -0.1) is 5.10 Å². The standard InChI is InChI=1S/C7H5N3/c1-2-4-9-10-6-5-8-7(10)3-1/h1-3,5-6H. The van der Waals surface area contributed by atoms with E-state index in [1.165, 1.54) is 0 Å². The highest BCUT2D eigenvalue weighted by Gasteiger charge is 1.94. The molecule has 1 aliphatic heterocycles. The van der Waals surface area contributed by atoms with Crippen LogP contribution in [0.3, 0.4) is 0 Å². The SMILES string of the molecule is C1=CC=Cc2nccn2N=1. The van der Waals surface area contributed by atoms with Gasteiger partial charge in [-0.25, -0.2) is 9.66 Å². The van der Waals surface area contributed by atoms with Crippen LogP contribution in [0, 0.1) is 0 Å². The zero-order valence-electron chi connectivity index (χ0n) is 5.23. The minimum absolute atomic E-state index is 0.834. The van der Waals surface area contributed by atoms with E-state index in [-0.39, 0.29) is 0 Å². The molecular formula is C7H5N3. The molecule has 2 heterocycles. The molecule has 0 fully saturated rings. The van der Waals surface area contributed by atoms with Crippen LogP contribution in [-0.4, -0.2) is 15.5 Å². The lowest BCUT2D eigenvalue weighted by molar-refractivity contribution is 0.871. The smallest absolute Gasteiger partial charge is 0.154 e. The number of allylic oxidation sites excluding steroid dienone is 2. The first-order valence-corrected chi connectivity index (χ1v) is 2.96. The molecule has 0 aliphatic carbocycles. The minimum atomic E-state index is 0.834. The van der Waals surface area contributed by atoms with Crippen LogP contribution in [-0.2, 0) is 0 Å². The number of rotatable bonds is 0. The fraction of sp³-hybridized carbons (Fsp3) is 0. The molecule has 1 aromatic heterocycles. The Balaban J connectivity index is 2.68. The average Bonchev–Trinajstić information content (AvgIpc) is 2.28. The van der Waals surface area contributed by atoms with Crippen molar-refractivity contribution in [3.05, 3.63) is 30.4 Å². The molecule has 0 radical (unpaired) electrons. The van der Waals surface area contributed by atoms with Crippen LogP contribution in [0.2, 0.25) is 0 Å². The molecule has 0 saturated carbocycles. The highest BCUT2D eigenvalue weighted by molar-refractivity contribution is 5.60. The lowest BCUT2D eigenvalue weighted by Crippen LogP contribution is -1.87. The van der Waals surface area contributed by atoms with Crippen LogP contribution in [0.25, 0.3) is 6.08 Å². The largest absolute Gasteiger partial charge is 0.236 e. The zero-order valence-corrected chi connectivity index (χ0v) is 5.23. The van der Waals surface area contributed by atoms with E-state index in [0.717, 1.165) is 5.82 Å². The predicted octanol–water partition coefficient (Wildman–Crippen LogP) is 0.899. The van der Waals surface area contributed by atoms with Gasteiger partial charge < -0.3 is 0 Å². The van der Waals surface area contributed by atoms with Crippen molar-refractivity contribution in [2.24, 2.45) is 5.10 Å². The van der Waals surface area contributed by atoms with Gasteiger partial charge in [0.25, 0.3) is 0 Å². The molecule has 0 unspecified atom stereocenters. The normalized spacial score (nSPS) is 13.2. The van der Waals surface area contributed by atoms with Gasteiger partial charge in [-0.05, 0) is 12.2 Å². The second-order valence-electron chi connectivity index (χ2n) is 1.88. The third-order valence-corrected chi connectivity index (χ3v) is 1.23. The second kappa shape index (κ2) is 1.97. The molecule has 0 amide bonds. The maximum Gasteiger partial charge on any atom is 0.154 e. The summed E-state index contributed by atoms with van der Waals surface area (Å²) in [5, 5.41) is 3.93. The summed E-state index contributed by atoms with van der Waals surface area (Å²) in [7, 11) is 0. The summed E-state index contributed by atoms with van der Waals surface area (Å²) >= 11 is 0. The topological polar surface area (TPSA) is 30.2 Å². The van der Waals surface area contributed by atoms with Crippen LogP contribution in [0.5, 0.6) is 0 Å². The molecule has 0 atom stereocenters. The molecule has 3 nitrogen and oxygen atoms in total. The van der Waals surface area contributed by atoms with Crippen molar-refractivity contribution in [2.45, 2.75) is 0 Å². The lowest BCUT2D eigenvalue weighted by atomic mass is 10.5. The Bertz CT molecular complexity index is 326. The van der Waals surface area contributed by atoms with Gasteiger partial charge in [0.05, 0.1) is 0 Å². The van der Waals surface area contributed by atoms with Gasteiger partial charge in [0.15, 0.2) is 5.82 Å². The average molecular weight is 131 g/mol. The molecule has 0 aromatic carbocycles. The Morgan fingerprint density at radius 2 is 2.50 bits per heavy atom. The molecule has 1 aliphatic rings. The fourth-order valence-electron chi connectivity index (χ4n) is 0.785. The van der Waals surface area contributed by atoms with Crippen molar-refractivity contribution in [3.63, 3.8) is 0 Å². The van der Waals surface area contributed by atoms with Crippen molar-refractivity contribution in [1.29, 1.82) is 0 Å². The lowest BCUT2D eigenvalue weighted by Gasteiger charge is -1.88. The first-order chi connectivity index (χ1) is 4.97. The van der Waals surface area contributed by atoms with Gasteiger partial charge in [-0.1, -0.05) is 0 Å². The molecule has 2 rings (SSSR count). The summed E-state index contributed by atoms with van der Waals surface area (Å²) in [6.07, 6.45) is 8.97. The van der Waals surface area contributed by atoms with Gasteiger partial charge in [-0.2, -0.15) is 0 Å². The van der Waals surface area contributed by atoms with Crippen LogP contribution < -0.4 is 0 Å². The predicted molar refractivity (Wildman–Crippen MR) is 38.7 cm³/mol. The summed E-state index contributed by atoms with van der Waals surface area (Å²) in [5.74, 6) is 3.56. The van der Waals surface area contributed by atoms with E-state index in [9.17, 15) is 0 Å². The van der Waals surface area contributed by atoms with E-state index in [0.29, 0.717) is 0 Å². The number of hydrogen-bond donors (Lipinski definition) is 0. The Morgan fingerprint density at radius 1 is 1.50 bits per heavy atom. The van der Waals surface area contributed by atoms with E-state index in [1.807, 2.05) is 12.2 Å². The van der Waals surface area contributed by atoms with Crippen LogP contribution in [0.4, 0.5) is 0 Å². The van der Waals surface area contributed by atoms with Gasteiger partial charge in [-0.3, -0.25) is 0 Å². The molecular weight excluding hydrogens is 126 g/mol. The fourth-order valence-corrected chi connectivity index (χ4v) is 0.785. The van der Waals surface area contributed by atoms with E-state index in [4.69, 9.17) is 0 Å². The highest BCUT2D eigenvalue weighted by Crippen LogP contribution is 2.00. The first kappa shape index (κ1) is 5.21. The number of aromatic nitrogens is 2. The van der Waals surface area contributed by atoms with Crippen molar-refractivity contribution in [1.82, 2.24) is 9.66 Å². The Kier molecular flexibility index (Phi) is 1.03. The number of hydrogen-bond acceptors (Lipinski definition) is 2. The van der Waals surface area contributed by atoms with Crippen molar-refractivity contribution >= 4 is 11.9 Å². The van der Waals surface area contributed by atoms with Crippen molar-refractivity contribution in [3.8, 4) is 0 Å². The maximum absolute atomic E-state index is 4.04. The van der Waals surface area contributed by atoms with Crippen molar-refractivity contribution < 1.29 is 0 Å². The van der Waals surface area contributed by atoms with Gasteiger partial charge in [0.2, 0.25) is 0 Å². The third-order valence-electron chi connectivity index (χ3n) is 1.23. The minimum Gasteiger partial charge on any atom is -0.236 e. The molecule has 48 valence electrons. The van der Waals surface area contributed by atoms with E-state index in [2.05, 4.69) is 16.0 Å². The van der Waals surface area contributed by atoms with E-state index >= 15 is 0 Å². The van der Waals surface area contributed by atoms with Crippen LogP contribution in [0.15, 0.2) is 29.6 Å². The molecule has 0 N–H and O–H groups in total. The first-order valence-electron chi connectivity index (χ1n) is 2.96. The Hall–Kier alpha value is -1.60. The quantitative estimate of drug-likeness (QED) is 0.514. The third kappa shape index (κ3) is 0.694. The molecule has 3 heteroatoms. The number of imidazole rings is 1. The van der Waals surface area contributed by atoms with Gasteiger partial charge in [0.1, 0.15) is 0 Å². The van der Waals surface area contributed by atoms with Gasteiger partial charge >= 0.3 is 0 Å². The molecule has 1 aromatic rings. The van der Waals surface area contributed by atoms with E-state index < -0.39 is 0 Å². The molecule has 0 bridgehead atoms. The summed E-state index contributed by atoms with van der Waals surface area (Å²) in [6, 6.07) is 0. The zero-order chi connectivity index (χ0) is 6.81.